The zero-order valence-electron chi connectivity index (χ0n) is 10.8. The average molecular weight is 235 g/mol. The van der Waals surface area contributed by atoms with Gasteiger partial charge in [0, 0.05) is 30.0 Å². The molecule has 4 heteroatoms. The maximum atomic E-state index is 11.6. The molecule has 0 bridgehead atoms. The lowest BCUT2D eigenvalue weighted by molar-refractivity contribution is -0.116. The zero-order chi connectivity index (χ0) is 12.7. The number of anilines is 1. The molecule has 94 valence electrons. The first-order chi connectivity index (χ1) is 8.08. The highest BCUT2D eigenvalue weighted by Crippen LogP contribution is 2.07. The van der Waals surface area contributed by atoms with E-state index in [1.165, 1.54) is 0 Å². The van der Waals surface area contributed by atoms with Crippen LogP contribution in [-0.2, 0) is 4.79 Å². The number of rotatable bonds is 6. The van der Waals surface area contributed by atoms with E-state index in [4.69, 9.17) is 0 Å². The summed E-state index contributed by atoms with van der Waals surface area (Å²) in [7, 11) is 0. The first-order valence-electron chi connectivity index (χ1n) is 6.04. The van der Waals surface area contributed by atoms with Crippen molar-refractivity contribution >= 4 is 11.6 Å². The van der Waals surface area contributed by atoms with Crippen LogP contribution in [0.25, 0.3) is 0 Å². The van der Waals surface area contributed by atoms with Gasteiger partial charge in [-0.25, -0.2) is 0 Å². The molecule has 1 rings (SSSR count). The molecule has 0 saturated carbocycles. The maximum Gasteiger partial charge on any atom is 0.224 e. The second kappa shape index (κ2) is 7.01. The van der Waals surface area contributed by atoms with Gasteiger partial charge < -0.3 is 10.6 Å². The normalized spacial score (nSPS) is 10.6. The number of nitrogens with one attached hydrogen (secondary N) is 2. The van der Waals surface area contributed by atoms with Crippen LogP contribution in [0, 0.1) is 6.92 Å². The Morgan fingerprint density at radius 1 is 1.47 bits per heavy atom. The Morgan fingerprint density at radius 2 is 2.24 bits per heavy atom. The lowest BCUT2D eigenvalue weighted by atomic mass is 10.2. The van der Waals surface area contributed by atoms with Crippen molar-refractivity contribution in [3.05, 3.63) is 24.0 Å². The Labute approximate surface area is 103 Å². The highest BCUT2D eigenvalue weighted by molar-refractivity contribution is 5.90. The van der Waals surface area contributed by atoms with Gasteiger partial charge >= 0.3 is 0 Å². The molecular weight excluding hydrogens is 214 g/mol. The minimum Gasteiger partial charge on any atom is -0.326 e. The molecule has 4 nitrogen and oxygen atoms in total. The fourth-order valence-electron chi connectivity index (χ4n) is 1.49. The van der Waals surface area contributed by atoms with Crippen LogP contribution in [0.5, 0.6) is 0 Å². The summed E-state index contributed by atoms with van der Waals surface area (Å²) < 4.78 is 0. The number of carbonyl (C=O) groups excluding carboxylic acids is 1. The van der Waals surface area contributed by atoms with Crippen molar-refractivity contribution in [2.45, 2.75) is 39.7 Å². The smallest absolute Gasteiger partial charge is 0.224 e. The summed E-state index contributed by atoms with van der Waals surface area (Å²) in [5.41, 5.74) is 1.73. The number of aryl methyl sites for hydroxylation is 1. The van der Waals surface area contributed by atoms with Crippen molar-refractivity contribution in [3.63, 3.8) is 0 Å². The Bertz CT molecular complexity index is 363. The maximum absolute atomic E-state index is 11.6. The molecule has 0 aliphatic carbocycles. The van der Waals surface area contributed by atoms with Gasteiger partial charge in [-0.3, -0.25) is 9.78 Å². The van der Waals surface area contributed by atoms with Crippen LogP contribution in [0.1, 0.15) is 32.4 Å². The van der Waals surface area contributed by atoms with Crippen molar-refractivity contribution in [2.24, 2.45) is 0 Å². The Morgan fingerprint density at radius 3 is 2.88 bits per heavy atom. The number of pyridine rings is 1. The van der Waals surface area contributed by atoms with Gasteiger partial charge in [0.25, 0.3) is 0 Å². The fourth-order valence-corrected chi connectivity index (χ4v) is 1.49. The molecule has 1 heterocycles. The Kier molecular flexibility index (Phi) is 5.63. The first-order valence-corrected chi connectivity index (χ1v) is 6.04. The van der Waals surface area contributed by atoms with E-state index in [2.05, 4.69) is 29.5 Å². The second-order valence-electron chi connectivity index (χ2n) is 4.45. The van der Waals surface area contributed by atoms with Crippen molar-refractivity contribution in [2.75, 3.05) is 11.9 Å². The highest BCUT2D eigenvalue weighted by atomic mass is 16.1. The van der Waals surface area contributed by atoms with E-state index in [0.29, 0.717) is 12.5 Å². The molecule has 1 aromatic heterocycles. The van der Waals surface area contributed by atoms with Crippen LogP contribution >= 0.6 is 0 Å². The third-order valence-electron chi connectivity index (χ3n) is 2.31. The van der Waals surface area contributed by atoms with Gasteiger partial charge in [-0.2, -0.15) is 0 Å². The summed E-state index contributed by atoms with van der Waals surface area (Å²) in [6.07, 6.45) is 3.10. The average Bonchev–Trinajstić information content (AvgIpc) is 2.24. The van der Waals surface area contributed by atoms with Crippen molar-refractivity contribution in [1.82, 2.24) is 10.3 Å². The van der Waals surface area contributed by atoms with E-state index in [0.717, 1.165) is 24.3 Å². The summed E-state index contributed by atoms with van der Waals surface area (Å²) in [6, 6.07) is 4.14. The number of nitrogens with zero attached hydrogens (tertiary/aromatic N) is 1. The second-order valence-corrected chi connectivity index (χ2v) is 4.45. The van der Waals surface area contributed by atoms with Gasteiger partial charge in [-0.1, -0.05) is 13.8 Å². The molecule has 17 heavy (non-hydrogen) atoms. The number of hydrogen-bond donors (Lipinski definition) is 2. The standard InChI is InChI=1S/C13H21N3O/c1-10(2)14-7-4-5-13(17)16-12-6-8-15-11(3)9-12/h6,8-10,14H,4-5,7H2,1-3H3,(H,15,16,17). The van der Waals surface area contributed by atoms with E-state index < -0.39 is 0 Å². The van der Waals surface area contributed by atoms with Crippen LogP contribution in [0.15, 0.2) is 18.3 Å². The molecular formula is C13H21N3O. The molecule has 0 aliphatic heterocycles. The Hall–Kier alpha value is -1.42. The van der Waals surface area contributed by atoms with E-state index >= 15 is 0 Å². The van der Waals surface area contributed by atoms with Gasteiger partial charge in [0.1, 0.15) is 0 Å². The summed E-state index contributed by atoms with van der Waals surface area (Å²) in [6.45, 7) is 6.97. The fraction of sp³-hybridized carbons (Fsp3) is 0.538. The molecule has 0 atom stereocenters. The van der Waals surface area contributed by atoms with Gasteiger partial charge in [0.2, 0.25) is 5.91 Å². The van der Waals surface area contributed by atoms with E-state index in [9.17, 15) is 4.79 Å². The predicted octanol–water partition coefficient (Wildman–Crippen LogP) is 2.11. The lowest BCUT2D eigenvalue weighted by Crippen LogP contribution is -2.24. The Balaban J connectivity index is 2.25. The van der Waals surface area contributed by atoms with Crippen LogP contribution < -0.4 is 10.6 Å². The SMILES string of the molecule is Cc1cc(NC(=O)CCCNC(C)C)ccn1. The molecule has 2 N–H and O–H groups in total. The summed E-state index contributed by atoms with van der Waals surface area (Å²) in [5.74, 6) is 0.0566. The minimum absolute atomic E-state index is 0.0566. The number of hydrogen-bond acceptors (Lipinski definition) is 3. The van der Waals surface area contributed by atoms with E-state index in [1.54, 1.807) is 12.3 Å². The molecule has 0 unspecified atom stereocenters. The van der Waals surface area contributed by atoms with E-state index in [-0.39, 0.29) is 5.91 Å². The number of carbonyl (C=O) groups is 1. The third kappa shape index (κ3) is 6.02. The minimum atomic E-state index is 0.0566. The molecule has 1 aromatic rings. The van der Waals surface area contributed by atoms with Gasteiger partial charge in [-0.05, 0) is 32.0 Å². The van der Waals surface area contributed by atoms with Gasteiger partial charge in [0.15, 0.2) is 0 Å². The quantitative estimate of drug-likeness (QED) is 0.742. The molecule has 0 spiro atoms. The monoisotopic (exact) mass is 235 g/mol. The molecule has 0 saturated heterocycles. The van der Waals surface area contributed by atoms with Crippen LogP contribution in [0.2, 0.25) is 0 Å². The molecule has 0 aromatic carbocycles. The van der Waals surface area contributed by atoms with Crippen LogP contribution in [0.3, 0.4) is 0 Å². The molecule has 0 fully saturated rings. The first kappa shape index (κ1) is 13.6. The van der Waals surface area contributed by atoms with Crippen LogP contribution in [0.4, 0.5) is 5.69 Å². The summed E-state index contributed by atoms with van der Waals surface area (Å²) in [4.78, 5) is 15.7. The number of amides is 1. The van der Waals surface area contributed by atoms with Crippen molar-refractivity contribution in [1.29, 1.82) is 0 Å². The lowest BCUT2D eigenvalue weighted by Gasteiger charge is -2.08. The summed E-state index contributed by atoms with van der Waals surface area (Å²) >= 11 is 0. The number of aromatic nitrogens is 1. The summed E-state index contributed by atoms with van der Waals surface area (Å²) in [5, 5.41) is 6.15. The van der Waals surface area contributed by atoms with Gasteiger partial charge in [0.05, 0.1) is 0 Å². The molecule has 1 amide bonds. The highest BCUT2D eigenvalue weighted by Gasteiger charge is 2.02. The zero-order valence-corrected chi connectivity index (χ0v) is 10.8. The predicted molar refractivity (Wildman–Crippen MR) is 70.0 cm³/mol. The molecule has 0 aliphatic rings. The molecule has 0 radical (unpaired) electrons. The van der Waals surface area contributed by atoms with Crippen LogP contribution in [-0.4, -0.2) is 23.5 Å². The van der Waals surface area contributed by atoms with Gasteiger partial charge in [-0.15, -0.1) is 0 Å². The third-order valence-corrected chi connectivity index (χ3v) is 2.31. The largest absolute Gasteiger partial charge is 0.326 e. The van der Waals surface area contributed by atoms with E-state index in [1.807, 2.05) is 13.0 Å². The van der Waals surface area contributed by atoms with Crippen molar-refractivity contribution in [3.8, 4) is 0 Å². The topological polar surface area (TPSA) is 54.0 Å². The van der Waals surface area contributed by atoms with Crippen molar-refractivity contribution < 1.29 is 4.79 Å².